The molecule has 3 rings (SSSR count). The van der Waals surface area contributed by atoms with Crippen molar-refractivity contribution in [3.05, 3.63) is 48.0 Å². The molecule has 0 spiro atoms. The molecular formula is C17H24N6O. The van der Waals surface area contributed by atoms with Crippen molar-refractivity contribution in [3.63, 3.8) is 0 Å². The third-order valence-electron chi connectivity index (χ3n) is 4.30. The van der Waals surface area contributed by atoms with Gasteiger partial charge in [0.1, 0.15) is 6.33 Å². The summed E-state index contributed by atoms with van der Waals surface area (Å²) < 4.78 is 1.91. The minimum atomic E-state index is -0.146. The molecule has 1 aliphatic heterocycles. The molecule has 2 N–H and O–H groups in total. The molecule has 0 radical (unpaired) electrons. The fourth-order valence-corrected chi connectivity index (χ4v) is 3.01. The zero-order valence-corrected chi connectivity index (χ0v) is 14.0. The Morgan fingerprint density at radius 3 is 2.96 bits per heavy atom. The number of nitrogens with zero attached hydrogens (tertiary/aromatic N) is 4. The highest BCUT2D eigenvalue weighted by molar-refractivity contribution is 5.74. The van der Waals surface area contributed by atoms with Gasteiger partial charge in [0.05, 0.1) is 6.54 Å². The van der Waals surface area contributed by atoms with Crippen LogP contribution >= 0.6 is 0 Å². The number of carbonyl (C=O) groups excluding carboxylic acids is 1. The van der Waals surface area contributed by atoms with E-state index in [1.807, 2.05) is 17.6 Å². The van der Waals surface area contributed by atoms with Crippen LogP contribution in [0.5, 0.6) is 0 Å². The topological polar surface area (TPSA) is 75.1 Å². The summed E-state index contributed by atoms with van der Waals surface area (Å²) in [5, 5.41) is 13.8. The van der Waals surface area contributed by atoms with Crippen LogP contribution in [0.25, 0.3) is 0 Å². The fraction of sp³-hybridized carbons (Fsp3) is 0.471. The van der Waals surface area contributed by atoms with E-state index in [-0.39, 0.29) is 12.1 Å². The number of likely N-dealkylation sites (tertiary alicyclic amines) is 1. The van der Waals surface area contributed by atoms with Gasteiger partial charge in [0.25, 0.3) is 0 Å². The monoisotopic (exact) mass is 328 g/mol. The van der Waals surface area contributed by atoms with Gasteiger partial charge in [-0.25, -0.2) is 4.79 Å². The molecule has 0 saturated carbocycles. The Kier molecular flexibility index (Phi) is 5.43. The van der Waals surface area contributed by atoms with Gasteiger partial charge in [-0.05, 0) is 18.9 Å². The summed E-state index contributed by atoms with van der Waals surface area (Å²) in [6.45, 7) is 6.02. The van der Waals surface area contributed by atoms with Crippen LogP contribution < -0.4 is 10.6 Å². The van der Waals surface area contributed by atoms with Crippen LogP contribution in [0.15, 0.2) is 36.7 Å². The maximum atomic E-state index is 12.1. The van der Waals surface area contributed by atoms with E-state index in [1.165, 1.54) is 5.56 Å². The lowest BCUT2D eigenvalue weighted by atomic mass is 10.2. The molecule has 1 saturated heterocycles. The van der Waals surface area contributed by atoms with E-state index < -0.39 is 0 Å². The van der Waals surface area contributed by atoms with Crippen molar-refractivity contribution in [2.24, 2.45) is 0 Å². The third-order valence-corrected chi connectivity index (χ3v) is 4.30. The van der Waals surface area contributed by atoms with Gasteiger partial charge in [-0.1, -0.05) is 30.3 Å². The zero-order valence-electron chi connectivity index (χ0n) is 14.0. The van der Waals surface area contributed by atoms with Gasteiger partial charge in [-0.3, -0.25) is 4.90 Å². The molecule has 1 atom stereocenters. The van der Waals surface area contributed by atoms with Gasteiger partial charge in [-0.2, -0.15) is 0 Å². The molecule has 0 bridgehead atoms. The number of hydrogen-bond donors (Lipinski definition) is 2. The Hall–Kier alpha value is -2.41. The van der Waals surface area contributed by atoms with E-state index in [9.17, 15) is 4.79 Å². The first-order valence-electron chi connectivity index (χ1n) is 8.42. The molecule has 2 amide bonds. The van der Waals surface area contributed by atoms with Crippen LogP contribution in [0.3, 0.4) is 0 Å². The first-order chi connectivity index (χ1) is 11.7. The van der Waals surface area contributed by atoms with E-state index in [4.69, 9.17) is 0 Å². The number of aromatic nitrogens is 3. The lowest BCUT2D eigenvalue weighted by Gasteiger charge is -2.17. The molecule has 24 heavy (non-hydrogen) atoms. The first kappa shape index (κ1) is 16.4. The molecule has 128 valence electrons. The lowest BCUT2D eigenvalue weighted by molar-refractivity contribution is 0.235. The highest BCUT2D eigenvalue weighted by atomic mass is 16.2. The van der Waals surface area contributed by atoms with Crippen LogP contribution in [-0.2, 0) is 19.6 Å². The van der Waals surface area contributed by atoms with E-state index in [2.05, 4.69) is 50.0 Å². The highest BCUT2D eigenvalue weighted by Gasteiger charge is 2.23. The SMILES string of the molecule is CCn1cnnc1CNC(=O)N[C@H]1CCN(Cc2ccccc2)C1. The van der Waals surface area contributed by atoms with Crippen molar-refractivity contribution in [1.29, 1.82) is 0 Å². The van der Waals surface area contributed by atoms with Crippen LogP contribution in [0.4, 0.5) is 4.79 Å². The minimum Gasteiger partial charge on any atom is -0.334 e. The van der Waals surface area contributed by atoms with Gasteiger partial charge < -0.3 is 15.2 Å². The number of nitrogens with one attached hydrogen (secondary N) is 2. The Balaban J connectivity index is 1.41. The Bertz CT molecular complexity index is 656. The number of aryl methyl sites for hydroxylation is 1. The molecular weight excluding hydrogens is 304 g/mol. The summed E-state index contributed by atoms with van der Waals surface area (Å²) >= 11 is 0. The maximum absolute atomic E-state index is 12.1. The van der Waals surface area contributed by atoms with Crippen molar-refractivity contribution in [3.8, 4) is 0 Å². The molecule has 7 nitrogen and oxygen atoms in total. The summed E-state index contributed by atoms with van der Waals surface area (Å²) in [6.07, 6.45) is 2.65. The summed E-state index contributed by atoms with van der Waals surface area (Å²) in [5.74, 6) is 0.768. The summed E-state index contributed by atoms with van der Waals surface area (Å²) in [4.78, 5) is 14.4. The van der Waals surface area contributed by atoms with Crippen LogP contribution in [0.1, 0.15) is 24.7 Å². The molecule has 0 aliphatic carbocycles. The van der Waals surface area contributed by atoms with Crippen molar-refractivity contribution >= 4 is 6.03 Å². The normalized spacial score (nSPS) is 17.8. The third kappa shape index (κ3) is 4.32. The molecule has 7 heteroatoms. The number of rotatable bonds is 6. The summed E-state index contributed by atoms with van der Waals surface area (Å²) in [7, 11) is 0. The quantitative estimate of drug-likeness (QED) is 0.840. The number of urea groups is 1. The Labute approximate surface area is 142 Å². The van der Waals surface area contributed by atoms with E-state index >= 15 is 0 Å². The molecule has 2 heterocycles. The van der Waals surface area contributed by atoms with E-state index in [0.29, 0.717) is 6.54 Å². The molecule has 2 aromatic rings. The molecule has 1 fully saturated rings. The second-order valence-corrected chi connectivity index (χ2v) is 6.07. The predicted molar refractivity (Wildman–Crippen MR) is 91.2 cm³/mol. The average Bonchev–Trinajstić information content (AvgIpc) is 3.23. The van der Waals surface area contributed by atoms with Gasteiger partial charge >= 0.3 is 6.03 Å². The molecule has 1 aliphatic rings. The smallest absolute Gasteiger partial charge is 0.315 e. The minimum absolute atomic E-state index is 0.146. The Morgan fingerprint density at radius 1 is 1.33 bits per heavy atom. The zero-order chi connectivity index (χ0) is 16.8. The van der Waals surface area contributed by atoms with Crippen molar-refractivity contribution in [1.82, 2.24) is 30.3 Å². The maximum Gasteiger partial charge on any atom is 0.315 e. The van der Waals surface area contributed by atoms with Gasteiger partial charge in [0, 0.05) is 32.2 Å². The van der Waals surface area contributed by atoms with Gasteiger partial charge in [0.2, 0.25) is 0 Å². The van der Waals surface area contributed by atoms with E-state index in [1.54, 1.807) is 6.33 Å². The highest BCUT2D eigenvalue weighted by Crippen LogP contribution is 2.13. The summed E-state index contributed by atoms with van der Waals surface area (Å²) in [6, 6.07) is 10.5. The first-order valence-corrected chi connectivity index (χ1v) is 8.42. The van der Waals surface area contributed by atoms with Crippen LogP contribution in [0, 0.1) is 0 Å². The second kappa shape index (κ2) is 7.92. The Morgan fingerprint density at radius 2 is 2.17 bits per heavy atom. The number of benzene rings is 1. The van der Waals surface area contributed by atoms with Crippen LogP contribution in [-0.4, -0.2) is 44.8 Å². The van der Waals surface area contributed by atoms with E-state index in [0.717, 1.165) is 38.4 Å². The predicted octanol–water partition coefficient (Wildman–Crippen LogP) is 1.37. The van der Waals surface area contributed by atoms with Gasteiger partial charge in [-0.15, -0.1) is 10.2 Å². The second-order valence-electron chi connectivity index (χ2n) is 6.07. The average molecular weight is 328 g/mol. The lowest BCUT2D eigenvalue weighted by Crippen LogP contribution is -2.43. The number of carbonyl (C=O) groups is 1. The number of amides is 2. The molecule has 1 aromatic heterocycles. The largest absolute Gasteiger partial charge is 0.334 e. The fourth-order valence-electron chi connectivity index (χ4n) is 3.01. The number of hydrogen-bond acceptors (Lipinski definition) is 4. The van der Waals surface area contributed by atoms with Crippen molar-refractivity contribution < 1.29 is 4.79 Å². The molecule has 0 unspecified atom stereocenters. The van der Waals surface area contributed by atoms with Gasteiger partial charge in [0.15, 0.2) is 5.82 Å². The van der Waals surface area contributed by atoms with Crippen molar-refractivity contribution in [2.75, 3.05) is 13.1 Å². The van der Waals surface area contributed by atoms with Crippen molar-refractivity contribution in [2.45, 2.75) is 39.0 Å². The standard InChI is InChI=1S/C17H24N6O/c1-2-23-13-19-21-16(23)10-18-17(24)20-15-8-9-22(12-15)11-14-6-4-3-5-7-14/h3-7,13,15H,2,8-12H2,1H3,(H2,18,20,24)/t15-/m0/s1. The molecule has 1 aromatic carbocycles. The van der Waals surface area contributed by atoms with Crippen LogP contribution in [0.2, 0.25) is 0 Å². The summed E-state index contributed by atoms with van der Waals surface area (Å²) in [5.41, 5.74) is 1.31.